The van der Waals surface area contributed by atoms with Gasteiger partial charge >= 0.3 is 0 Å². The molecule has 0 bridgehead atoms. The second-order valence-electron chi connectivity index (χ2n) is 6.51. The van der Waals surface area contributed by atoms with Crippen LogP contribution in [0.4, 0.5) is 0 Å². The molecule has 0 aromatic carbocycles. The van der Waals surface area contributed by atoms with Crippen molar-refractivity contribution in [3.8, 4) is 0 Å². The average Bonchev–Trinajstić information content (AvgIpc) is 2.54. The summed E-state index contributed by atoms with van der Waals surface area (Å²) >= 11 is 5.93. The number of aliphatic hydroxyl groups is 1. The lowest BCUT2D eigenvalue weighted by Gasteiger charge is -2.53. The van der Waals surface area contributed by atoms with Crippen LogP contribution in [0.15, 0.2) is 18.5 Å². The van der Waals surface area contributed by atoms with Crippen LogP contribution in [-0.4, -0.2) is 65.1 Å². The zero-order valence-electron chi connectivity index (χ0n) is 12.8. The van der Waals surface area contributed by atoms with Gasteiger partial charge in [0.25, 0.3) is 5.91 Å². The number of nitrogens with zero attached hydrogens (tertiary/aromatic N) is 3. The average molecular weight is 324 g/mol. The molecule has 0 spiro atoms. The van der Waals surface area contributed by atoms with Crippen molar-refractivity contribution in [3.63, 3.8) is 0 Å². The fraction of sp³-hybridized carbons (Fsp3) is 0.625. The number of fused-ring (bicyclic) bond motifs is 1. The summed E-state index contributed by atoms with van der Waals surface area (Å²) in [5, 5.41) is 10.4. The van der Waals surface area contributed by atoms with Crippen molar-refractivity contribution in [2.75, 3.05) is 33.3 Å². The monoisotopic (exact) mass is 323 g/mol. The number of likely N-dealkylation sites (N-methyl/N-ethyl adjacent to an activating group) is 1. The van der Waals surface area contributed by atoms with Crippen molar-refractivity contribution in [1.29, 1.82) is 0 Å². The molecule has 1 aromatic rings. The van der Waals surface area contributed by atoms with Gasteiger partial charge in [-0.3, -0.25) is 9.78 Å². The highest BCUT2D eigenvalue weighted by atomic mass is 35.5. The predicted octanol–water partition coefficient (Wildman–Crippen LogP) is 1.65. The Labute approximate surface area is 135 Å². The van der Waals surface area contributed by atoms with E-state index in [-0.39, 0.29) is 24.0 Å². The fourth-order valence-electron chi connectivity index (χ4n) is 3.91. The summed E-state index contributed by atoms with van der Waals surface area (Å²) in [6.07, 6.45) is 6.09. The number of halogens is 1. The first kappa shape index (κ1) is 15.7. The van der Waals surface area contributed by atoms with Gasteiger partial charge in [0.2, 0.25) is 0 Å². The molecule has 0 radical (unpaired) electrons. The molecule has 5 nitrogen and oxygen atoms in total. The van der Waals surface area contributed by atoms with Crippen molar-refractivity contribution in [3.05, 3.63) is 29.0 Å². The molecule has 3 rings (SSSR count). The predicted molar refractivity (Wildman–Crippen MR) is 84.9 cm³/mol. The zero-order chi connectivity index (χ0) is 15.7. The van der Waals surface area contributed by atoms with Gasteiger partial charge in [0, 0.05) is 36.9 Å². The highest BCUT2D eigenvalue weighted by molar-refractivity contribution is 6.30. The Kier molecular flexibility index (Phi) is 4.39. The minimum Gasteiger partial charge on any atom is -0.396 e. The van der Waals surface area contributed by atoms with E-state index in [1.165, 1.54) is 6.20 Å². The van der Waals surface area contributed by atoms with E-state index in [0.717, 1.165) is 25.8 Å². The molecule has 2 atom stereocenters. The summed E-state index contributed by atoms with van der Waals surface area (Å²) in [5.41, 5.74) is 0.471. The van der Waals surface area contributed by atoms with E-state index < -0.39 is 0 Å². The Bertz CT molecular complexity index is 568. The van der Waals surface area contributed by atoms with E-state index in [4.69, 9.17) is 11.6 Å². The zero-order valence-corrected chi connectivity index (χ0v) is 13.6. The Balaban J connectivity index is 1.79. The number of aliphatic hydroxyl groups excluding tert-OH is 1. The van der Waals surface area contributed by atoms with Gasteiger partial charge in [0.05, 0.1) is 17.2 Å². The van der Waals surface area contributed by atoms with Crippen LogP contribution in [0, 0.1) is 5.41 Å². The SMILES string of the molecule is CN1CCC[C@]2(CO)CCN(C(=O)c3cncc(Cl)c3)C[C@@H]12. The molecule has 2 aliphatic heterocycles. The van der Waals surface area contributed by atoms with Crippen molar-refractivity contribution < 1.29 is 9.90 Å². The molecular formula is C16H22ClN3O2. The number of carbonyl (C=O) groups excluding carboxylic acids is 1. The summed E-state index contributed by atoms with van der Waals surface area (Å²) in [7, 11) is 2.09. The molecule has 6 heteroatoms. The third-order valence-electron chi connectivity index (χ3n) is 5.25. The fourth-order valence-corrected chi connectivity index (χ4v) is 4.09. The van der Waals surface area contributed by atoms with E-state index in [0.29, 0.717) is 23.7 Å². The minimum absolute atomic E-state index is 0.0273. The maximum atomic E-state index is 12.7. The van der Waals surface area contributed by atoms with Gasteiger partial charge in [-0.05, 0) is 38.9 Å². The van der Waals surface area contributed by atoms with Crippen LogP contribution < -0.4 is 0 Å². The number of rotatable bonds is 2. The summed E-state index contributed by atoms with van der Waals surface area (Å²) < 4.78 is 0. The highest BCUT2D eigenvalue weighted by Crippen LogP contribution is 2.41. The van der Waals surface area contributed by atoms with Crippen molar-refractivity contribution >= 4 is 17.5 Å². The lowest BCUT2D eigenvalue weighted by Crippen LogP contribution is -2.62. The third kappa shape index (κ3) is 2.73. The second-order valence-corrected chi connectivity index (χ2v) is 6.95. The van der Waals surface area contributed by atoms with Crippen molar-refractivity contribution in [2.24, 2.45) is 5.41 Å². The Hall–Kier alpha value is -1.17. The van der Waals surface area contributed by atoms with Gasteiger partial charge in [0.1, 0.15) is 0 Å². The molecule has 1 aromatic heterocycles. The van der Waals surface area contributed by atoms with Gasteiger partial charge in [0.15, 0.2) is 0 Å². The maximum absolute atomic E-state index is 12.7. The quantitative estimate of drug-likeness (QED) is 0.899. The maximum Gasteiger partial charge on any atom is 0.255 e. The van der Waals surface area contributed by atoms with E-state index in [1.54, 1.807) is 12.3 Å². The van der Waals surface area contributed by atoms with Crippen LogP contribution >= 0.6 is 11.6 Å². The molecule has 2 saturated heterocycles. The molecule has 0 saturated carbocycles. The number of amides is 1. The molecule has 2 aliphatic rings. The Morgan fingerprint density at radius 2 is 2.27 bits per heavy atom. The second kappa shape index (κ2) is 6.14. The Morgan fingerprint density at radius 1 is 1.45 bits per heavy atom. The first-order valence-corrected chi connectivity index (χ1v) is 8.14. The van der Waals surface area contributed by atoms with Gasteiger partial charge in [-0.15, -0.1) is 0 Å². The number of carbonyl (C=O) groups is 1. The van der Waals surface area contributed by atoms with Crippen LogP contribution in [0.25, 0.3) is 0 Å². The lowest BCUT2D eigenvalue weighted by atomic mass is 9.69. The van der Waals surface area contributed by atoms with Crippen LogP contribution in [0.3, 0.4) is 0 Å². The van der Waals surface area contributed by atoms with E-state index in [9.17, 15) is 9.90 Å². The number of likely N-dealkylation sites (tertiary alicyclic amines) is 2. The smallest absolute Gasteiger partial charge is 0.255 e. The Morgan fingerprint density at radius 3 is 3.00 bits per heavy atom. The van der Waals surface area contributed by atoms with Gasteiger partial charge in [-0.1, -0.05) is 11.6 Å². The number of hydrogen-bond donors (Lipinski definition) is 1. The molecule has 1 N–H and O–H groups in total. The van der Waals surface area contributed by atoms with Crippen molar-refractivity contribution in [1.82, 2.24) is 14.8 Å². The molecule has 3 heterocycles. The van der Waals surface area contributed by atoms with Crippen LogP contribution in [-0.2, 0) is 0 Å². The molecule has 22 heavy (non-hydrogen) atoms. The normalized spacial score (nSPS) is 29.2. The highest BCUT2D eigenvalue weighted by Gasteiger charge is 2.47. The van der Waals surface area contributed by atoms with Crippen LogP contribution in [0.1, 0.15) is 29.6 Å². The summed E-state index contributed by atoms with van der Waals surface area (Å²) in [6, 6.07) is 1.88. The first-order valence-electron chi connectivity index (χ1n) is 7.77. The molecular weight excluding hydrogens is 302 g/mol. The topological polar surface area (TPSA) is 56.7 Å². The summed E-state index contributed by atoms with van der Waals surface area (Å²) in [5.74, 6) is -0.0273. The van der Waals surface area contributed by atoms with Gasteiger partial charge < -0.3 is 14.9 Å². The molecule has 1 amide bonds. The van der Waals surface area contributed by atoms with Gasteiger partial charge in [-0.2, -0.15) is 0 Å². The third-order valence-corrected chi connectivity index (χ3v) is 5.46. The largest absolute Gasteiger partial charge is 0.396 e. The van der Waals surface area contributed by atoms with Crippen molar-refractivity contribution in [2.45, 2.75) is 25.3 Å². The van der Waals surface area contributed by atoms with Gasteiger partial charge in [-0.25, -0.2) is 0 Å². The van der Waals surface area contributed by atoms with E-state index in [2.05, 4.69) is 16.9 Å². The number of pyridine rings is 1. The van der Waals surface area contributed by atoms with E-state index >= 15 is 0 Å². The number of hydrogen-bond acceptors (Lipinski definition) is 4. The number of piperidine rings is 2. The molecule has 120 valence electrons. The summed E-state index contributed by atoms with van der Waals surface area (Å²) in [6.45, 7) is 2.55. The number of aromatic nitrogens is 1. The molecule has 0 aliphatic carbocycles. The lowest BCUT2D eigenvalue weighted by molar-refractivity contribution is -0.0601. The standard InChI is InChI=1S/C16H22ClN3O2/c1-19-5-2-3-16(11-21)4-6-20(10-14(16)19)15(22)12-7-13(17)9-18-8-12/h7-9,14,21H,2-6,10-11H2,1H3/t14-,16-/m1/s1. The summed E-state index contributed by atoms with van der Waals surface area (Å²) in [4.78, 5) is 20.8. The first-order chi connectivity index (χ1) is 10.6. The van der Waals surface area contributed by atoms with Crippen LogP contribution in [0.2, 0.25) is 5.02 Å². The molecule has 0 unspecified atom stereocenters. The minimum atomic E-state index is -0.0592. The molecule has 2 fully saturated rings. The van der Waals surface area contributed by atoms with E-state index in [1.807, 2.05) is 4.90 Å². The van der Waals surface area contributed by atoms with Crippen LogP contribution in [0.5, 0.6) is 0 Å².